The second kappa shape index (κ2) is 4.97. The fourth-order valence-electron chi connectivity index (χ4n) is 1.60. The summed E-state index contributed by atoms with van der Waals surface area (Å²) >= 11 is 0. The molecule has 0 amide bonds. The summed E-state index contributed by atoms with van der Waals surface area (Å²) in [5.74, 6) is 1.64. The Balaban J connectivity index is 2.35. The lowest BCUT2D eigenvalue weighted by molar-refractivity contribution is 0.471. The van der Waals surface area contributed by atoms with Crippen LogP contribution in [0, 0.1) is 13.8 Å². The number of hydrogen-bond acceptors (Lipinski definition) is 3. The molecular formula is C14H16N2O. The highest BCUT2D eigenvalue weighted by Gasteiger charge is 2.06. The monoisotopic (exact) mass is 228 g/mol. The lowest BCUT2D eigenvalue weighted by Crippen LogP contribution is -2.01. The smallest absolute Gasteiger partial charge is 0.135 e. The topological polar surface area (TPSA) is 48.1 Å². The zero-order valence-corrected chi connectivity index (χ0v) is 10.1. The van der Waals surface area contributed by atoms with E-state index >= 15 is 0 Å². The molecule has 0 atom stereocenters. The average Bonchev–Trinajstić information content (AvgIpc) is 2.32. The molecule has 3 heteroatoms. The highest BCUT2D eigenvalue weighted by Crippen LogP contribution is 2.27. The Hall–Kier alpha value is -1.87. The first kappa shape index (κ1) is 11.6. The van der Waals surface area contributed by atoms with E-state index in [0.29, 0.717) is 6.54 Å². The van der Waals surface area contributed by atoms with Crippen LogP contribution in [0.3, 0.4) is 0 Å². The van der Waals surface area contributed by atoms with E-state index < -0.39 is 0 Å². The van der Waals surface area contributed by atoms with Crippen molar-refractivity contribution in [3.05, 3.63) is 53.3 Å². The van der Waals surface area contributed by atoms with Gasteiger partial charge in [-0.2, -0.15) is 0 Å². The van der Waals surface area contributed by atoms with Gasteiger partial charge in [0, 0.05) is 30.1 Å². The van der Waals surface area contributed by atoms with E-state index in [2.05, 4.69) is 4.98 Å². The lowest BCUT2D eigenvalue weighted by Gasteiger charge is -2.12. The highest BCUT2D eigenvalue weighted by molar-refractivity contribution is 5.40. The number of nitrogens with two attached hydrogens (primary N) is 1. The van der Waals surface area contributed by atoms with E-state index in [1.54, 1.807) is 6.20 Å². The summed E-state index contributed by atoms with van der Waals surface area (Å²) in [4.78, 5) is 4.21. The Morgan fingerprint density at radius 2 is 1.94 bits per heavy atom. The molecule has 0 unspecified atom stereocenters. The number of pyridine rings is 1. The molecule has 2 rings (SSSR count). The van der Waals surface area contributed by atoms with Crippen LogP contribution in [0.1, 0.15) is 16.8 Å². The molecule has 0 saturated carbocycles. The van der Waals surface area contributed by atoms with Gasteiger partial charge in [0.25, 0.3) is 0 Å². The van der Waals surface area contributed by atoms with Crippen molar-refractivity contribution >= 4 is 0 Å². The largest absolute Gasteiger partial charge is 0.457 e. The van der Waals surface area contributed by atoms with Crippen LogP contribution in [-0.2, 0) is 6.54 Å². The van der Waals surface area contributed by atoms with Crippen LogP contribution in [0.25, 0.3) is 0 Å². The zero-order chi connectivity index (χ0) is 12.3. The summed E-state index contributed by atoms with van der Waals surface area (Å²) < 4.78 is 5.89. The predicted molar refractivity (Wildman–Crippen MR) is 68.1 cm³/mol. The number of hydrogen-bond donors (Lipinski definition) is 1. The van der Waals surface area contributed by atoms with Gasteiger partial charge in [0.15, 0.2) is 0 Å². The Morgan fingerprint density at radius 3 is 2.65 bits per heavy atom. The van der Waals surface area contributed by atoms with Crippen molar-refractivity contribution in [2.24, 2.45) is 5.73 Å². The number of aryl methyl sites for hydroxylation is 2. The zero-order valence-electron chi connectivity index (χ0n) is 10.1. The third kappa shape index (κ3) is 2.63. The molecule has 0 spiro atoms. The van der Waals surface area contributed by atoms with Crippen molar-refractivity contribution in [1.82, 2.24) is 4.98 Å². The lowest BCUT2D eigenvalue weighted by atomic mass is 10.2. The average molecular weight is 228 g/mol. The molecule has 88 valence electrons. The molecule has 0 radical (unpaired) electrons. The molecule has 0 aliphatic rings. The predicted octanol–water partition coefficient (Wildman–Crippen LogP) is 2.95. The van der Waals surface area contributed by atoms with Gasteiger partial charge in [0.1, 0.15) is 11.5 Å². The molecule has 0 aliphatic heterocycles. The third-order valence-electron chi connectivity index (χ3n) is 2.61. The quantitative estimate of drug-likeness (QED) is 0.878. The molecule has 1 aromatic heterocycles. The number of rotatable bonds is 3. The second-order valence-electron chi connectivity index (χ2n) is 4.01. The summed E-state index contributed by atoms with van der Waals surface area (Å²) in [6, 6.07) is 9.83. The van der Waals surface area contributed by atoms with Crippen LogP contribution in [-0.4, -0.2) is 4.98 Å². The first-order valence-corrected chi connectivity index (χ1v) is 5.60. The van der Waals surface area contributed by atoms with Gasteiger partial charge in [0.05, 0.1) is 0 Å². The molecule has 2 N–H and O–H groups in total. The van der Waals surface area contributed by atoms with Gasteiger partial charge in [-0.25, -0.2) is 0 Å². The van der Waals surface area contributed by atoms with Gasteiger partial charge >= 0.3 is 0 Å². The Morgan fingerprint density at radius 1 is 1.18 bits per heavy atom. The van der Waals surface area contributed by atoms with Crippen molar-refractivity contribution in [1.29, 1.82) is 0 Å². The first-order valence-electron chi connectivity index (χ1n) is 5.60. The number of benzene rings is 1. The second-order valence-corrected chi connectivity index (χ2v) is 4.01. The molecule has 0 bridgehead atoms. The van der Waals surface area contributed by atoms with E-state index in [0.717, 1.165) is 28.3 Å². The van der Waals surface area contributed by atoms with Gasteiger partial charge in [-0.3, -0.25) is 4.98 Å². The summed E-state index contributed by atoms with van der Waals surface area (Å²) in [5.41, 5.74) is 8.61. The first-order chi connectivity index (χ1) is 8.20. The van der Waals surface area contributed by atoms with E-state index in [4.69, 9.17) is 10.5 Å². The summed E-state index contributed by atoms with van der Waals surface area (Å²) in [5, 5.41) is 0. The van der Waals surface area contributed by atoms with Crippen LogP contribution in [0.15, 0.2) is 36.5 Å². The Labute approximate surface area is 101 Å². The van der Waals surface area contributed by atoms with E-state index in [1.807, 2.05) is 44.2 Å². The molecule has 1 aromatic carbocycles. The SMILES string of the molecule is Cc1cc(Oc2ccccc2C)c(CN)cn1. The summed E-state index contributed by atoms with van der Waals surface area (Å²) in [7, 11) is 0. The number of aromatic nitrogens is 1. The number of para-hydroxylation sites is 1. The molecule has 2 aromatic rings. The minimum absolute atomic E-state index is 0.425. The number of ether oxygens (including phenoxy) is 1. The molecule has 17 heavy (non-hydrogen) atoms. The van der Waals surface area contributed by atoms with Crippen LogP contribution >= 0.6 is 0 Å². The molecule has 0 fully saturated rings. The Bertz CT molecular complexity index is 523. The molecule has 0 aliphatic carbocycles. The van der Waals surface area contributed by atoms with Crippen molar-refractivity contribution in [3.63, 3.8) is 0 Å². The molecule has 3 nitrogen and oxygen atoms in total. The maximum Gasteiger partial charge on any atom is 0.135 e. The maximum atomic E-state index is 5.89. The van der Waals surface area contributed by atoms with Crippen molar-refractivity contribution < 1.29 is 4.74 Å². The molecule has 0 saturated heterocycles. The summed E-state index contributed by atoms with van der Waals surface area (Å²) in [6.07, 6.45) is 1.77. The van der Waals surface area contributed by atoms with Crippen LogP contribution < -0.4 is 10.5 Å². The molecule has 1 heterocycles. The van der Waals surface area contributed by atoms with Gasteiger partial charge in [-0.15, -0.1) is 0 Å². The minimum Gasteiger partial charge on any atom is -0.457 e. The van der Waals surface area contributed by atoms with Crippen molar-refractivity contribution in [2.75, 3.05) is 0 Å². The molecular weight excluding hydrogens is 212 g/mol. The van der Waals surface area contributed by atoms with Crippen LogP contribution in [0.4, 0.5) is 0 Å². The third-order valence-corrected chi connectivity index (χ3v) is 2.61. The van der Waals surface area contributed by atoms with Crippen LogP contribution in [0.2, 0.25) is 0 Å². The minimum atomic E-state index is 0.425. The number of nitrogens with zero attached hydrogens (tertiary/aromatic N) is 1. The van der Waals surface area contributed by atoms with E-state index in [-0.39, 0.29) is 0 Å². The van der Waals surface area contributed by atoms with Gasteiger partial charge in [-0.1, -0.05) is 18.2 Å². The Kier molecular flexibility index (Phi) is 3.40. The van der Waals surface area contributed by atoms with Gasteiger partial charge < -0.3 is 10.5 Å². The van der Waals surface area contributed by atoms with Gasteiger partial charge in [0.2, 0.25) is 0 Å². The van der Waals surface area contributed by atoms with Crippen molar-refractivity contribution in [2.45, 2.75) is 20.4 Å². The highest BCUT2D eigenvalue weighted by atomic mass is 16.5. The van der Waals surface area contributed by atoms with E-state index in [1.165, 1.54) is 0 Å². The fraction of sp³-hybridized carbons (Fsp3) is 0.214. The fourth-order valence-corrected chi connectivity index (χ4v) is 1.60. The maximum absolute atomic E-state index is 5.89. The normalized spacial score (nSPS) is 10.3. The van der Waals surface area contributed by atoms with Crippen molar-refractivity contribution in [3.8, 4) is 11.5 Å². The summed E-state index contributed by atoms with van der Waals surface area (Å²) in [6.45, 7) is 4.38. The van der Waals surface area contributed by atoms with Gasteiger partial charge in [-0.05, 0) is 25.5 Å². The van der Waals surface area contributed by atoms with E-state index in [9.17, 15) is 0 Å². The van der Waals surface area contributed by atoms with Crippen LogP contribution in [0.5, 0.6) is 11.5 Å². The standard InChI is InChI=1S/C14H16N2O/c1-10-5-3-4-6-13(10)17-14-7-11(2)16-9-12(14)8-15/h3-7,9H,8,15H2,1-2H3.